The van der Waals surface area contributed by atoms with Crippen LogP contribution >= 0.6 is 0 Å². The molecule has 0 radical (unpaired) electrons. The molecule has 1 aromatic rings. The molecule has 0 fully saturated rings. The predicted octanol–water partition coefficient (Wildman–Crippen LogP) is 2.66. The molecule has 0 aliphatic carbocycles. The van der Waals surface area contributed by atoms with Gasteiger partial charge in [0.1, 0.15) is 5.75 Å². The number of fused-ring (bicyclic) bond motifs is 1. The van der Waals surface area contributed by atoms with E-state index in [9.17, 15) is 4.79 Å². The zero-order valence-corrected chi connectivity index (χ0v) is 8.54. The lowest BCUT2D eigenvalue weighted by Gasteiger charge is -2.20. The molecule has 74 valence electrons. The molecule has 0 aromatic heterocycles. The molecule has 0 saturated heterocycles. The van der Waals surface area contributed by atoms with Crippen molar-refractivity contribution in [2.75, 3.05) is 0 Å². The normalized spacial score (nSPS) is 15.2. The van der Waals surface area contributed by atoms with Gasteiger partial charge in [0, 0.05) is 0 Å². The summed E-state index contributed by atoms with van der Waals surface area (Å²) in [5, 5.41) is 0. The van der Waals surface area contributed by atoms with Gasteiger partial charge in [-0.3, -0.25) is 4.79 Å². The van der Waals surface area contributed by atoms with E-state index >= 15 is 0 Å². The van der Waals surface area contributed by atoms with Crippen molar-refractivity contribution in [2.45, 2.75) is 32.6 Å². The molecule has 1 aliphatic rings. The van der Waals surface area contributed by atoms with E-state index in [1.165, 1.54) is 0 Å². The first-order chi connectivity index (χ1) is 6.68. The van der Waals surface area contributed by atoms with E-state index < -0.39 is 0 Å². The van der Waals surface area contributed by atoms with Crippen LogP contribution in [0.1, 0.15) is 37.3 Å². The van der Waals surface area contributed by atoms with Crippen LogP contribution in [0.15, 0.2) is 18.2 Å². The number of carbonyl (C=O) groups excluding carboxylic acids is 1. The number of hydrogen-bond acceptors (Lipinski definition) is 2. The highest BCUT2D eigenvalue weighted by molar-refractivity contribution is 5.76. The van der Waals surface area contributed by atoms with Gasteiger partial charge in [0.15, 0.2) is 0 Å². The van der Waals surface area contributed by atoms with E-state index in [4.69, 9.17) is 4.74 Å². The van der Waals surface area contributed by atoms with Crippen molar-refractivity contribution in [3.8, 4) is 5.75 Å². The fraction of sp³-hybridized carbons (Fsp3) is 0.417. The molecule has 2 nitrogen and oxygen atoms in total. The van der Waals surface area contributed by atoms with Crippen LogP contribution in [0.2, 0.25) is 0 Å². The van der Waals surface area contributed by atoms with Gasteiger partial charge in [0.05, 0.1) is 6.42 Å². The van der Waals surface area contributed by atoms with E-state index in [0.29, 0.717) is 12.3 Å². The van der Waals surface area contributed by atoms with Crippen LogP contribution in [0, 0.1) is 0 Å². The number of rotatable bonds is 1. The molecule has 2 rings (SSSR count). The topological polar surface area (TPSA) is 26.3 Å². The number of esters is 1. The second-order valence-electron chi connectivity index (χ2n) is 3.96. The summed E-state index contributed by atoms with van der Waals surface area (Å²) in [5.74, 6) is 1.10. The van der Waals surface area contributed by atoms with Crippen LogP contribution in [-0.2, 0) is 11.2 Å². The Morgan fingerprint density at radius 3 is 2.79 bits per heavy atom. The monoisotopic (exact) mass is 190 g/mol. The van der Waals surface area contributed by atoms with Gasteiger partial charge < -0.3 is 4.74 Å². The van der Waals surface area contributed by atoms with E-state index in [1.54, 1.807) is 0 Å². The van der Waals surface area contributed by atoms with Crippen LogP contribution in [0.25, 0.3) is 0 Å². The molecule has 0 unspecified atom stereocenters. The first-order valence-corrected chi connectivity index (χ1v) is 5.01. The predicted molar refractivity (Wildman–Crippen MR) is 54.5 cm³/mol. The van der Waals surface area contributed by atoms with E-state index in [2.05, 4.69) is 13.8 Å². The molecule has 1 aliphatic heterocycles. The van der Waals surface area contributed by atoms with Crippen LogP contribution in [-0.4, -0.2) is 5.97 Å². The highest BCUT2D eigenvalue weighted by Gasteiger charge is 2.20. The lowest BCUT2D eigenvalue weighted by molar-refractivity contribution is -0.135. The van der Waals surface area contributed by atoms with E-state index in [1.807, 2.05) is 18.2 Å². The van der Waals surface area contributed by atoms with Crippen molar-refractivity contribution in [1.29, 1.82) is 0 Å². The van der Waals surface area contributed by atoms with Crippen molar-refractivity contribution in [3.05, 3.63) is 29.3 Å². The summed E-state index contributed by atoms with van der Waals surface area (Å²) < 4.78 is 5.29. The molecule has 0 N–H and O–H groups in total. The van der Waals surface area contributed by atoms with Crippen LogP contribution in [0.3, 0.4) is 0 Å². The minimum absolute atomic E-state index is 0.106. The third-order valence-electron chi connectivity index (χ3n) is 2.56. The maximum Gasteiger partial charge on any atom is 0.311 e. The van der Waals surface area contributed by atoms with Gasteiger partial charge in [-0.1, -0.05) is 32.0 Å². The average molecular weight is 190 g/mol. The fourth-order valence-electron chi connectivity index (χ4n) is 1.78. The Balaban J connectivity index is 2.48. The number of hydrogen-bond donors (Lipinski definition) is 0. The van der Waals surface area contributed by atoms with E-state index in [0.717, 1.165) is 23.3 Å². The molecule has 0 saturated carbocycles. The lowest BCUT2D eigenvalue weighted by atomic mass is 9.96. The van der Waals surface area contributed by atoms with Gasteiger partial charge in [0.2, 0.25) is 0 Å². The second-order valence-corrected chi connectivity index (χ2v) is 3.96. The first-order valence-electron chi connectivity index (χ1n) is 5.01. The van der Waals surface area contributed by atoms with Gasteiger partial charge in [-0.05, 0) is 23.5 Å². The molecule has 0 amide bonds. The molecule has 14 heavy (non-hydrogen) atoms. The van der Waals surface area contributed by atoms with E-state index in [-0.39, 0.29) is 5.97 Å². The quantitative estimate of drug-likeness (QED) is 0.502. The Labute approximate surface area is 83.9 Å². The molecule has 0 atom stereocenters. The third-order valence-corrected chi connectivity index (χ3v) is 2.56. The maximum atomic E-state index is 11.2. The number of carbonyl (C=O) groups is 1. The molecule has 2 heteroatoms. The Morgan fingerprint density at radius 2 is 2.07 bits per heavy atom. The van der Waals surface area contributed by atoms with Crippen LogP contribution in [0.5, 0.6) is 5.75 Å². The van der Waals surface area contributed by atoms with Crippen molar-refractivity contribution >= 4 is 5.97 Å². The largest absolute Gasteiger partial charge is 0.426 e. The molecule has 0 spiro atoms. The second kappa shape index (κ2) is 3.45. The number of ether oxygens (including phenoxy) is 1. The summed E-state index contributed by atoms with van der Waals surface area (Å²) in [6.45, 7) is 4.22. The number of para-hydroxylation sites is 1. The van der Waals surface area contributed by atoms with Crippen molar-refractivity contribution in [2.24, 2.45) is 0 Å². The summed E-state index contributed by atoms with van der Waals surface area (Å²) in [6.07, 6.45) is 1.32. The molecular formula is C12H14O2. The summed E-state index contributed by atoms with van der Waals surface area (Å²) in [6, 6.07) is 6.10. The molecule has 1 heterocycles. The first kappa shape index (κ1) is 9.25. The van der Waals surface area contributed by atoms with Crippen LogP contribution in [0.4, 0.5) is 0 Å². The van der Waals surface area contributed by atoms with Crippen molar-refractivity contribution in [3.63, 3.8) is 0 Å². The van der Waals surface area contributed by atoms with Crippen LogP contribution < -0.4 is 4.74 Å². The Bertz CT molecular complexity index is 367. The van der Waals surface area contributed by atoms with Gasteiger partial charge in [-0.15, -0.1) is 0 Å². The smallest absolute Gasteiger partial charge is 0.311 e. The summed E-state index contributed by atoms with van der Waals surface area (Å²) in [5.41, 5.74) is 2.30. The fourth-order valence-corrected chi connectivity index (χ4v) is 1.78. The highest BCUT2D eigenvalue weighted by Crippen LogP contribution is 2.33. The standard InChI is InChI=1S/C12H14O2/c1-8(2)10-5-3-4-9-6-7-11(13)14-12(9)10/h3-5,8H,6-7H2,1-2H3. The van der Waals surface area contributed by atoms with Crippen molar-refractivity contribution in [1.82, 2.24) is 0 Å². The Kier molecular flexibility index (Phi) is 2.28. The minimum atomic E-state index is -0.106. The highest BCUT2D eigenvalue weighted by atomic mass is 16.5. The zero-order valence-electron chi connectivity index (χ0n) is 8.54. The number of benzene rings is 1. The minimum Gasteiger partial charge on any atom is -0.426 e. The summed E-state index contributed by atoms with van der Waals surface area (Å²) >= 11 is 0. The summed E-state index contributed by atoms with van der Waals surface area (Å²) in [4.78, 5) is 11.2. The average Bonchev–Trinajstić information content (AvgIpc) is 2.16. The van der Waals surface area contributed by atoms with Gasteiger partial charge in [0.25, 0.3) is 0 Å². The third kappa shape index (κ3) is 1.52. The SMILES string of the molecule is CC(C)c1cccc2c1OC(=O)CC2. The van der Waals surface area contributed by atoms with Crippen molar-refractivity contribution < 1.29 is 9.53 Å². The molecular weight excluding hydrogens is 176 g/mol. The molecule has 1 aromatic carbocycles. The molecule has 0 bridgehead atoms. The Hall–Kier alpha value is -1.31. The number of aryl methyl sites for hydroxylation is 1. The maximum absolute atomic E-state index is 11.2. The lowest BCUT2D eigenvalue weighted by Crippen LogP contribution is -2.17. The Morgan fingerprint density at radius 1 is 1.29 bits per heavy atom. The summed E-state index contributed by atoms with van der Waals surface area (Å²) in [7, 11) is 0. The van der Waals surface area contributed by atoms with Gasteiger partial charge in [-0.2, -0.15) is 0 Å². The zero-order chi connectivity index (χ0) is 10.1. The van der Waals surface area contributed by atoms with Gasteiger partial charge >= 0.3 is 5.97 Å². The van der Waals surface area contributed by atoms with Gasteiger partial charge in [-0.25, -0.2) is 0 Å².